The summed E-state index contributed by atoms with van der Waals surface area (Å²) >= 11 is 0. The Morgan fingerprint density at radius 2 is 2.33 bits per heavy atom. The summed E-state index contributed by atoms with van der Waals surface area (Å²) in [4.78, 5) is 10.5. The van der Waals surface area contributed by atoms with E-state index in [-0.39, 0.29) is 0 Å². The lowest BCUT2D eigenvalue weighted by Gasteiger charge is -2.24. The van der Waals surface area contributed by atoms with Gasteiger partial charge < -0.3 is 10.6 Å². The lowest BCUT2D eigenvalue weighted by Crippen LogP contribution is -2.28. The molecular weight excluding hydrogens is 188 g/mol. The molecule has 1 saturated carbocycles. The summed E-state index contributed by atoms with van der Waals surface area (Å²) in [6.45, 7) is 3.26. The summed E-state index contributed by atoms with van der Waals surface area (Å²) in [5.41, 5.74) is 6.59. The van der Waals surface area contributed by atoms with Crippen LogP contribution in [0.5, 0.6) is 0 Å². The molecule has 0 radical (unpaired) electrons. The number of aromatic nitrogens is 2. The molecule has 0 amide bonds. The zero-order chi connectivity index (χ0) is 10.7. The first kappa shape index (κ1) is 10.2. The maximum atomic E-state index is 5.89. The maximum Gasteiger partial charge on any atom is 0.155 e. The highest BCUT2D eigenvalue weighted by atomic mass is 15.2. The fourth-order valence-corrected chi connectivity index (χ4v) is 1.75. The van der Waals surface area contributed by atoms with E-state index in [9.17, 15) is 0 Å². The van der Waals surface area contributed by atoms with Crippen molar-refractivity contribution in [2.75, 3.05) is 17.2 Å². The minimum absolute atomic E-state index is 0.661. The Balaban J connectivity index is 2.13. The van der Waals surface area contributed by atoms with Crippen molar-refractivity contribution in [2.45, 2.75) is 38.6 Å². The van der Waals surface area contributed by atoms with E-state index in [2.05, 4.69) is 21.8 Å². The number of nitrogen functional groups attached to an aromatic ring is 1. The van der Waals surface area contributed by atoms with Gasteiger partial charge in [0, 0.05) is 12.6 Å². The zero-order valence-electron chi connectivity index (χ0n) is 9.19. The van der Waals surface area contributed by atoms with Crippen LogP contribution in [-0.2, 0) is 0 Å². The van der Waals surface area contributed by atoms with Gasteiger partial charge in [0.1, 0.15) is 6.33 Å². The van der Waals surface area contributed by atoms with Crippen LogP contribution in [0.3, 0.4) is 0 Å². The third-order valence-corrected chi connectivity index (χ3v) is 2.73. The number of anilines is 2. The van der Waals surface area contributed by atoms with Gasteiger partial charge in [0.15, 0.2) is 5.82 Å². The van der Waals surface area contributed by atoms with E-state index in [4.69, 9.17) is 5.73 Å². The molecule has 0 saturated heterocycles. The second-order valence-corrected chi connectivity index (χ2v) is 4.08. The molecular formula is C11H18N4. The smallest absolute Gasteiger partial charge is 0.155 e. The highest BCUT2D eigenvalue weighted by Gasteiger charge is 2.30. The molecule has 1 heterocycles. The van der Waals surface area contributed by atoms with Crippen LogP contribution in [0.15, 0.2) is 12.5 Å². The van der Waals surface area contributed by atoms with E-state index in [1.807, 2.05) is 0 Å². The first-order valence-corrected chi connectivity index (χ1v) is 5.65. The van der Waals surface area contributed by atoms with Gasteiger partial charge in [-0.1, -0.05) is 13.3 Å². The van der Waals surface area contributed by atoms with Crippen molar-refractivity contribution in [3.8, 4) is 0 Å². The van der Waals surface area contributed by atoms with Crippen molar-refractivity contribution in [3.05, 3.63) is 12.5 Å². The van der Waals surface area contributed by atoms with Crippen LogP contribution in [0.1, 0.15) is 32.6 Å². The van der Waals surface area contributed by atoms with Gasteiger partial charge in [-0.2, -0.15) is 0 Å². The Morgan fingerprint density at radius 1 is 1.53 bits per heavy atom. The number of hydrogen-bond acceptors (Lipinski definition) is 4. The Kier molecular flexibility index (Phi) is 3.04. The summed E-state index contributed by atoms with van der Waals surface area (Å²) in [5.74, 6) is 0.918. The van der Waals surface area contributed by atoms with Crippen molar-refractivity contribution in [1.29, 1.82) is 0 Å². The normalized spacial score (nSPS) is 15.3. The number of nitrogens with two attached hydrogens (primary N) is 1. The van der Waals surface area contributed by atoms with Crippen LogP contribution in [-0.4, -0.2) is 22.6 Å². The molecule has 1 aromatic rings. The summed E-state index contributed by atoms with van der Waals surface area (Å²) < 4.78 is 0. The first-order chi connectivity index (χ1) is 7.33. The third kappa shape index (κ3) is 2.37. The second-order valence-electron chi connectivity index (χ2n) is 4.08. The van der Waals surface area contributed by atoms with Gasteiger partial charge in [-0.05, 0) is 19.3 Å². The van der Waals surface area contributed by atoms with Crippen LogP contribution in [0.25, 0.3) is 0 Å². The molecule has 1 fully saturated rings. The Morgan fingerprint density at radius 3 is 2.93 bits per heavy atom. The monoisotopic (exact) mass is 206 g/mol. The van der Waals surface area contributed by atoms with Gasteiger partial charge in [-0.25, -0.2) is 9.97 Å². The minimum atomic E-state index is 0.661. The summed E-state index contributed by atoms with van der Waals surface area (Å²) in [7, 11) is 0. The van der Waals surface area contributed by atoms with E-state index < -0.39 is 0 Å². The lowest BCUT2D eigenvalue weighted by molar-refractivity contribution is 0.704. The maximum absolute atomic E-state index is 5.89. The van der Waals surface area contributed by atoms with E-state index in [0.29, 0.717) is 11.7 Å². The van der Waals surface area contributed by atoms with E-state index in [0.717, 1.165) is 12.4 Å². The van der Waals surface area contributed by atoms with Crippen LogP contribution >= 0.6 is 0 Å². The first-order valence-electron chi connectivity index (χ1n) is 5.65. The zero-order valence-corrected chi connectivity index (χ0v) is 9.19. The molecule has 4 nitrogen and oxygen atoms in total. The van der Waals surface area contributed by atoms with Gasteiger partial charge in [0.25, 0.3) is 0 Å². The average Bonchev–Trinajstić information content (AvgIpc) is 3.05. The summed E-state index contributed by atoms with van der Waals surface area (Å²) in [6, 6.07) is 0.661. The van der Waals surface area contributed by atoms with Gasteiger partial charge >= 0.3 is 0 Å². The predicted octanol–water partition coefficient (Wildman–Crippen LogP) is 1.83. The molecule has 0 unspecified atom stereocenters. The highest BCUT2D eigenvalue weighted by molar-refractivity contribution is 5.61. The number of nitrogens with zero attached hydrogens (tertiary/aromatic N) is 3. The Bertz CT molecular complexity index is 322. The van der Waals surface area contributed by atoms with Crippen molar-refractivity contribution in [3.63, 3.8) is 0 Å². The fourth-order valence-electron chi connectivity index (χ4n) is 1.75. The van der Waals surface area contributed by atoms with Crippen molar-refractivity contribution >= 4 is 11.5 Å². The Labute approximate surface area is 90.5 Å². The number of rotatable bonds is 5. The molecule has 0 bridgehead atoms. The van der Waals surface area contributed by atoms with Gasteiger partial charge in [0.05, 0.1) is 11.9 Å². The van der Waals surface area contributed by atoms with Crippen LogP contribution < -0.4 is 10.6 Å². The molecule has 0 atom stereocenters. The van der Waals surface area contributed by atoms with Crippen molar-refractivity contribution in [2.24, 2.45) is 0 Å². The molecule has 0 aromatic carbocycles. The van der Waals surface area contributed by atoms with Crippen molar-refractivity contribution < 1.29 is 0 Å². The van der Waals surface area contributed by atoms with E-state index in [1.165, 1.54) is 25.7 Å². The van der Waals surface area contributed by atoms with Gasteiger partial charge in [0.2, 0.25) is 0 Å². The summed E-state index contributed by atoms with van der Waals surface area (Å²) in [5, 5.41) is 0. The van der Waals surface area contributed by atoms with Crippen molar-refractivity contribution in [1.82, 2.24) is 9.97 Å². The Hall–Kier alpha value is -1.32. The number of unbranched alkanes of at least 4 members (excludes halogenated alkanes) is 1. The third-order valence-electron chi connectivity index (χ3n) is 2.73. The second kappa shape index (κ2) is 4.47. The molecule has 2 rings (SSSR count). The van der Waals surface area contributed by atoms with E-state index in [1.54, 1.807) is 12.5 Å². The molecule has 82 valence electrons. The summed E-state index contributed by atoms with van der Waals surface area (Å²) in [6.07, 6.45) is 8.20. The van der Waals surface area contributed by atoms with E-state index >= 15 is 0 Å². The minimum Gasteiger partial charge on any atom is -0.394 e. The topological polar surface area (TPSA) is 55.0 Å². The molecule has 1 aliphatic carbocycles. The molecule has 2 N–H and O–H groups in total. The number of hydrogen-bond donors (Lipinski definition) is 1. The van der Waals surface area contributed by atoms with Crippen LogP contribution in [0.4, 0.5) is 11.5 Å². The standard InChI is InChI=1S/C11H18N4/c1-2-3-6-15(9-4-5-9)11-10(12)7-13-8-14-11/h7-9H,2-6,12H2,1H3. The molecule has 1 aromatic heterocycles. The molecule has 0 spiro atoms. The average molecular weight is 206 g/mol. The molecule has 15 heavy (non-hydrogen) atoms. The molecule has 0 aliphatic heterocycles. The van der Waals surface area contributed by atoms with Crippen LogP contribution in [0, 0.1) is 0 Å². The predicted molar refractivity (Wildman–Crippen MR) is 61.7 cm³/mol. The molecule has 4 heteroatoms. The lowest BCUT2D eigenvalue weighted by atomic mass is 10.3. The SMILES string of the molecule is CCCCN(c1ncncc1N)C1CC1. The highest BCUT2D eigenvalue weighted by Crippen LogP contribution is 2.32. The van der Waals surface area contributed by atoms with Crippen LogP contribution in [0.2, 0.25) is 0 Å². The van der Waals surface area contributed by atoms with Gasteiger partial charge in [-0.15, -0.1) is 0 Å². The van der Waals surface area contributed by atoms with Gasteiger partial charge in [-0.3, -0.25) is 0 Å². The quantitative estimate of drug-likeness (QED) is 0.798. The largest absolute Gasteiger partial charge is 0.394 e. The fraction of sp³-hybridized carbons (Fsp3) is 0.636. The molecule has 1 aliphatic rings.